The number of hydrogen-bond acceptors (Lipinski definition) is 0. The fraction of sp³-hybridized carbons (Fsp3) is 0.200. The van der Waals surface area contributed by atoms with Crippen LogP contribution in [0.15, 0.2) is 60.7 Å². The zero-order valence-corrected chi connectivity index (χ0v) is 9.24. The minimum atomic E-state index is -1.87. The van der Waals surface area contributed by atoms with Crippen molar-refractivity contribution < 1.29 is 8.78 Å². The van der Waals surface area contributed by atoms with E-state index in [1.54, 1.807) is 60.7 Å². The van der Waals surface area contributed by atoms with Crippen molar-refractivity contribution in [2.45, 2.75) is 17.8 Å². The predicted molar refractivity (Wildman–Crippen MR) is 63.1 cm³/mol. The van der Waals surface area contributed by atoms with E-state index in [-0.39, 0.29) is 6.42 Å². The molecule has 86 valence electrons. The third-order valence-electron chi connectivity index (χ3n) is 3.45. The molecular formula is C15H12F2. The van der Waals surface area contributed by atoms with E-state index in [4.69, 9.17) is 0 Å². The van der Waals surface area contributed by atoms with Gasteiger partial charge in [-0.2, -0.15) is 0 Å². The molecule has 0 amide bonds. The molecule has 3 rings (SSSR count). The molecule has 2 aromatic carbocycles. The van der Waals surface area contributed by atoms with Gasteiger partial charge in [0.05, 0.1) is 0 Å². The zero-order chi connectivity index (χ0) is 11.9. The molecule has 0 nitrogen and oxygen atoms in total. The number of hydrogen-bond donors (Lipinski definition) is 0. The highest BCUT2D eigenvalue weighted by Gasteiger charge is 2.72. The minimum Gasteiger partial charge on any atom is -0.235 e. The van der Waals surface area contributed by atoms with Crippen LogP contribution < -0.4 is 0 Å². The summed E-state index contributed by atoms with van der Waals surface area (Å²) in [5.41, 5.74) is -2.89. The summed E-state index contributed by atoms with van der Waals surface area (Å²) in [7, 11) is 0. The van der Waals surface area contributed by atoms with Crippen LogP contribution in [0.3, 0.4) is 0 Å². The first kappa shape index (κ1) is 10.5. The molecule has 1 saturated carbocycles. The SMILES string of the molecule is FC1(c2ccccc2)CC1(F)c1ccccc1. The molecule has 2 atom stereocenters. The molecule has 0 bridgehead atoms. The molecule has 0 aromatic heterocycles. The number of halogens is 2. The summed E-state index contributed by atoms with van der Waals surface area (Å²) in [4.78, 5) is 0. The van der Waals surface area contributed by atoms with Gasteiger partial charge < -0.3 is 0 Å². The molecule has 1 fully saturated rings. The Morgan fingerprint density at radius 3 is 1.35 bits per heavy atom. The maximum absolute atomic E-state index is 14.6. The van der Waals surface area contributed by atoms with E-state index in [0.717, 1.165) is 0 Å². The molecule has 1 aliphatic rings. The Bertz CT molecular complexity index is 474. The van der Waals surface area contributed by atoms with Gasteiger partial charge in [0.25, 0.3) is 0 Å². The molecule has 0 spiro atoms. The number of rotatable bonds is 2. The first-order chi connectivity index (χ1) is 8.17. The Kier molecular flexibility index (Phi) is 2.09. The average molecular weight is 230 g/mol. The third-order valence-corrected chi connectivity index (χ3v) is 3.45. The van der Waals surface area contributed by atoms with Crippen LogP contribution in [-0.4, -0.2) is 0 Å². The van der Waals surface area contributed by atoms with Crippen molar-refractivity contribution in [1.29, 1.82) is 0 Å². The molecule has 17 heavy (non-hydrogen) atoms. The maximum atomic E-state index is 14.6. The summed E-state index contributed by atoms with van der Waals surface area (Å²) in [6.45, 7) is 0. The fourth-order valence-corrected chi connectivity index (χ4v) is 2.36. The summed E-state index contributed by atoms with van der Waals surface area (Å²) < 4.78 is 29.2. The summed E-state index contributed by atoms with van der Waals surface area (Å²) in [5, 5.41) is 0. The summed E-state index contributed by atoms with van der Waals surface area (Å²) in [6.07, 6.45) is -0.0893. The third kappa shape index (κ3) is 1.40. The molecule has 0 radical (unpaired) electrons. The summed E-state index contributed by atoms with van der Waals surface area (Å²) in [6, 6.07) is 17.1. The molecular weight excluding hydrogens is 218 g/mol. The summed E-state index contributed by atoms with van der Waals surface area (Å²) >= 11 is 0. The van der Waals surface area contributed by atoms with E-state index in [2.05, 4.69) is 0 Å². The topological polar surface area (TPSA) is 0 Å². The van der Waals surface area contributed by atoms with Crippen molar-refractivity contribution in [2.24, 2.45) is 0 Å². The van der Waals surface area contributed by atoms with Crippen molar-refractivity contribution in [3.63, 3.8) is 0 Å². The van der Waals surface area contributed by atoms with Crippen LogP contribution in [0, 0.1) is 0 Å². The molecule has 0 aliphatic heterocycles. The number of benzene rings is 2. The van der Waals surface area contributed by atoms with E-state index in [9.17, 15) is 8.78 Å². The van der Waals surface area contributed by atoms with Crippen molar-refractivity contribution in [2.75, 3.05) is 0 Å². The van der Waals surface area contributed by atoms with E-state index >= 15 is 0 Å². The normalized spacial score (nSPS) is 31.2. The first-order valence-corrected chi connectivity index (χ1v) is 5.66. The lowest BCUT2D eigenvalue weighted by Crippen LogP contribution is -2.13. The average Bonchev–Trinajstić information content (AvgIpc) is 2.97. The lowest BCUT2D eigenvalue weighted by Gasteiger charge is -2.13. The highest BCUT2D eigenvalue weighted by molar-refractivity contribution is 5.43. The monoisotopic (exact) mass is 230 g/mol. The van der Waals surface area contributed by atoms with Crippen LogP contribution in [-0.2, 0) is 11.3 Å². The largest absolute Gasteiger partial charge is 0.235 e. The Hall–Kier alpha value is -1.70. The Labute approximate surface area is 98.9 Å². The van der Waals surface area contributed by atoms with Crippen LogP contribution in [0.2, 0.25) is 0 Å². The van der Waals surface area contributed by atoms with Gasteiger partial charge in [0.2, 0.25) is 0 Å². The van der Waals surface area contributed by atoms with Gasteiger partial charge in [-0.1, -0.05) is 60.7 Å². The molecule has 2 unspecified atom stereocenters. The highest BCUT2D eigenvalue weighted by atomic mass is 19.2. The van der Waals surface area contributed by atoms with Gasteiger partial charge in [0, 0.05) is 6.42 Å². The Morgan fingerprint density at radius 2 is 1.00 bits per heavy atom. The lowest BCUT2D eigenvalue weighted by atomic mass is 10.0. The second kappa shape index (κ2) is 3.39. The molecule has 2 heteroatoms. The summed E-state index contributed by atoms with van der Waals surface area (Å²) in [5.74, 6) is 0. The maximum Gasteiger partial charge on any atom is 0.177 e. The molecule has 0 heterocycles. The van der Waals surface area contributed by atoms with E-state index in [1.807, 2.05) is 0 Å². The minimum absolute atomic E-state index is 0.0893. The van der Waals surface area contributed by atoms with Crippen molar-refractivity contribution >= 4 is 0 Å². The van der Waals surface area contributed by atoms with Gasteiger partial charge >= 0.3 is 0 Å². The lowest BCUT2D eigenvalue weighted by molar-refractivity contribution is 0.168. The highest BCUT2D eigenvalue weighted by Crippen LogP contribution is 2.67. The second-order valence-corrected chi connectivity index (χ2v) is 4.51. The molecule has 0 saturated heterocycles. The zero-order valence-electron chi connectivity index (χ0n) is 9.24. The Balaban J connectivity index is 2.00. The van der Waals surface area contributed by atoms with Crippen LogP contribution in [0.1, 0.15) is 17.5 Å². The van der Waals surface area contributed by atoms with Gasteiger partial charge in [-0.15, -0.1) is 0 Å². The van der Waals surface area contributed by atoms with Crippen LogP contribution in [0.25, 0.3) is 0 Å². The van der Waals surface area contributed by atoms with Crippen LogP contribution >= 0.6 is 0 Å². The van der Waals surface area contributed by atoms with E-state index < -0.39 is 11.3 Å². The standard InChI is InChI=1S/C15H12F2/c16-14(12-7-3-1-4-8-12)11-15(14,17)13-9-5-2-6-10-13/h1-10H,11H2. The number of alkyl halides is 2. The van der Waals surface area contributed by atoms with E-state index in [1.165, 1.54) is 0 Å². The first-order valence-electron chi connectivity index (χ1n) is 5.66. The van der Waals surface area contributed by atoms with Gasteiger partial charge in [-0.05, 0) is 11.1 Å². The smallest absolute Gasteiger partial charge is 0.177 e. The van der Waals surface area contributed by atoms with Crippen LogP contribution in [0.4, 0.5) is 8.78 Å². The van der Waals surface area contributed by atoms with Gasteiger partial charge in [-0.25, -0.2) is 8.78 Å². The van der Waals surface area contributed by atoms with Crippen LogP contribution in [0.5, 0.6) is 0 Å². The molecule has 1 aliphatic carbocycles. The second-order valence-electron chi connectivity index (χ2n) is 4.51. The molecule has 2 aromatic rings. The molecule has 0 N–H and O–H groups in total. The fourth-order valence-electron chi connectivity index (χ4n) is 2.36. The predicted octanol–water partition coefficient (Wildman–Crippen LogP) is 4.12. The Morgan fingerprint density at radius 1 is 0.647 bits per heavy atom. The van der Waals surface area contributed by atoms with E-state index in [0.29, 0.717) is 11.1 Å². The van der Waals surface area contributed by atoms with Crippen molar-refractivity contribution in [3.05, 3.63) is 71.8 Å². The van der Waals surface area contributed by atoms with Crippen molar-refractivity contribution in [1.82, 2.24) is 0 Å². The van der Waals surface area contributed by atoms with Gasteiger partial charge in [0.15, 0.2) is 11.3 Å². The van der Waals surface area contributed by atoms with Crippen molar-refractivity contribution in [3.8, 4) is 0 Å². The quantitative estimate of drug-likeness (QED) is 0.728. The van der Waals surface area contributed by atoms with Gasteiger partial charge in [-0.3, -0.25) is 0 Å². The van der Waals surface area contributed by atoms with Gasteiger partial charge in [0.1, 0.15) is 0 Å².